The van der Waals surface area contributed by atoms with Crippen molar-refractivity contribution in [2.45, 2.75) is 37.6 Å². The van der Waals surface area contributed by atoms with Crippen LogP contribution in [0.4, 0.5) is 22.0 Å². The van der Waals surface area contributed by atoms with Crippen molar-refractivity contribution in [3.63, 3.8) is 0 Å². The van der Waals surface area contributed by atoms with Crippen LogP contribution >= 0.6 is 11.6 Å². The molecule has 0 aliphatic carbocycles. The third kappa shape index (κ3) is 2.75. The fourth-order valence-electron chi connectivity index (χ4n) is 3.01. The Kier molecular flexibility index (Phi) is 4.85. The highest BCUT2D eigenvalue weighted by Crippen LogP contribution is 2.55. The Hall–Kier alpha value is -1.41. The molecule has 0 bridgehead atoms. The van der Waals surface area contributed by atoms with Gasteiger partial charge in [-0.25, -0.2) is 4.39 Å². The van der Waals surface area contributed by atoms with Crippen molar-refractivity contribution in [2.24, 2.45) is 5.92 Å². The molecule has 24 heavy (non-hydrogen) atoms. The van der Waals surface area contributed by atoms with E-state index in [-0.39, 0.29) is 5.56 Å². The maximum Gasteiger partial charge on any atom is 0.417 e. The van der Waals surface area contributed by atoms with Gasteiger partial charge >= 0.3 is 6.18 Å². The minimum absolute atomic E-state index is 0.115. The molecule has 0 spiro atoms. The smallest absolute Gasteiger partial charge is 0.417 e. The Morgan fingerprint density at radius 1 is 1.33 bits per heavy atom. The molecule has 0 N–H and O–H groups in total. The van der Waals surface area contributed by atoms with E-state index in [0.717, 1.165) is 26.2 Å². The van der Waals surface area contributed by atoms with Crippen LogP contribution in [0.3, 0.4) is 0 Å². The molecule has 0 aromatic heterocycles. The Balaban J connectivity index is 2.64. The second kappa shape index (κ2) is 6.15. The van der Waals surface area contributed by atoms with Gasteiger partial charge in [-0.3, -0.25) is 4.79 Å². The van der Waals surface area contributed by atoms with Gasteiger partial charge in [-0.05, 0) is 24.6 Å². The molecular weight excluding hydrogens is 359 g/mol. The molecule has 1 aromatic rings. The van der Waals surface area contributed by atoms with Crippen molar-refractivity contribution in [2.75, 3.05) is 7.11 Å². The van der Waals surface area contributed by atoms with Crippen LogP contribution in [-0.2, 0) is 9.53 Å². The monoisotopic (exact) mass is 372 g/mol. The van der Waals surface area contributed by atoms with Gasteiger partial charge in [-0.15, -0.1) is 0 Å². The number of rotatable bonds is 3. The first-order valence-electron chi connectivity index (χ1n) is 6.91. The zero-order chi connectivity index (χ0) is 18.4. The molecule has 2 rings (SSSR count). The van der Waals surface area contributed by atoms with Crippen molar-refractivity contribution in [1.29, 1.82) is 0 Å². The van der Waals surface area contributed by atoms with E-state index in [1.807, 2.05) is 0 Å². The van der Waals surface area contributed by atoms with E-state index >= 15 is 0 Å². The molecule has 4 atom stereocenters. The van der Waals surface area contributed by atoms with Crippen molar-refractivity contribution >= 4 is 16.8 Å². The number of carbonyl (C=O) groups excluding carboxylic acids is 1. The fourth-order valence-corrected chi connectivity index (χ4v) is 3.19. The largest absolute Gasteiger partial charge is 0.493 e. The summed E-state index contributed by atoms with van der Waals surface area (Å²) in [6, 6.07) is 1.82. The van der Waals surface area contributed by atoms with Gasteiger partial charge < -0.3 is 9.47 Å². The first kappa shape index (κ1) is 18.9. The summed E-state index contributed by atoms with van der Waals surface area (Å²) in [5, 5.41) is -1.16. The van der Waals surface area contributed by atoms with E-state index in [2.05, 4.69) is 0 Å². The number of hydrogen-bond acceptors (Lipinski definition) is 3. The van der Waals surface area contributed by atoms with Crippen LogP contribution in [0.5, 0.6) is 5.75 Å². The first-order chi connectivity index (χ1) is 11.0. The minimum Gasteiger partial charge on any atom is -0.493 e. The number of ether oxygens (including phenoxy) is 2. The molecule has 1 fully saturated rings. The van der Waals surface area contributed by atoms with Gasteiger partial charge in [-0.1, -0.05) is 13.0 Å². The molecule has 3 nitrogen and oxygen atoms in total. The van der Waals surface area contributed by atoms with Crippen molar-refractivity contribution in [3.8, 4) is 5.75 Å². The summed E-state index contributed by atoms with van der Waals surface area (Å²) in [5.41, 5.74) is -2.79. The maximum atomic E-state index is 13.9. The second-order valence-electron chi connectivity index (χ2n) is 5.75. The molecule has 1 aromatic carbocycles. The molecule has 1 saturated heterocycles. The highest BCUT2D eigenvalue weighted by Gasteiger charge is 2.65. The summed E-state index contributed by atoms with van der Waals surface area (Å²) < 4.78 is 77.2. The molecular formula is C15H14ClF5O3. The predicted octanol–water partition coefficient (Wildman–Crippen LogP) is 4.18. The van der Waals surface area contributed by atoms with Crippen LogP contribution in [-0.4, -0.2) is 30.2 Å². The van der Waals surface area contributed by atoms with Crippen molar-refractivity contribution in [3.05, 3.63) is 29.3 Å². The van der Waals surface area contributed by atoms with Crippen LogP contribution in [0, 0.1) is 17.6 Å². The Labute approximate surface area is 139 Å². The highest BCUT2D eigenvalue weighted by atomic mass is 35.5. The van der Waals surface area contributed by atoms with Crippen molar-refractivity contribution in [1.82, 2.24) is 0 Å². The number of carbonyl (C=O) groups is 1. The lowest BCUT2D eigenvalue weighted by atomic mass is 9.77. The zero-order valence-electron chi connectivity index (χ0n) is 12.9. The second-order valence-corrected chi connectivity index (χ2v) is 6.12. The summed E-state index contributed by atoms with van der Waals surface area (Å²) in [6.45, 7) is 2.00. The lowest BCUT2D eigenvalue weighted by Gasteiger charge is -2.32. The third-order valence-electron chi connectivity index (χ3n) is 4.54. The van der Waals surface area contributed by atoms with E-state index in [1.54, 1.807) is 0 Å². The maximum absolute atomic E-state index is 13.9. The fraction of sp³-hybridized carbons (Fsp3) is 0.533. The van der Waals surface area contributed by atoms with Gasteiger partial charge in [0.25, 0.3) is 5.24 Å². The summed E-state index contributed by atoms with van der Waals surface area (Å²) >= 11 is 5.40. The van der Waals surface area contributed by atoms with E-state index in [1.165, 1.54) is 6.92 Å². The van der Waals surface area contributed by atoms with Gasteiger partial charge in [0.2, 0.25) is 5.82 Å². The SMILES string of the molecule is COc1c([C@H]2[C@H](C(=O)Cl)O[C@@](C)(C(F)(F)F)[C@H]2C)ccc(F)c1F. The van der Waals surface area contributed by atoms with Gasteiger partial charge in [0.1, 0.15) is 6.10 Å². The van der Waals surface area contributed by atoms with E-state index < -0.39 is 52.3 Å². The summed E-state index contributed by atoms with van der Waals surface area (Å²) in [5.74, 6) is -5.72. The molecule has 0 amide bonds. The highest BCUT2D eigenvalue weighted by molar-refractivity contribution is 6.64. The van der Waals surface area contributed by atoms with Crippen LogP contribution in [0.15, 0.2) is 12.1 Å². The van der Waals surface area contributed by atoms with Crippen molar-refractivity contribution < 1.29 is 36.2 Å². The van der Waals surface area contributed by atoms with E-state index in [0.29, 0.717) is 0 Å². The molecule has 0 radical (unpaired) electrons. The normalized spacial score (nSPS) is 30.5. The summed E-state index contributed by atoms with van der Waals surface area (Å²) in [6.07, 6.45) is -6.47. The number of benzene rings is 1. The van der Waals surface area contributed by atoms with Gasteiger partial charge in [0, 0.05) is 17.4 Å². The van der Waals surface area contributed by atoms with Crippen LogP contribution < -0.4 is 4.74 Å². The molecule has 134 valence electrons. The summed E-state index contributed by atoms with van der Waals surface area (Å²) in [7, 11) is 1.04. The molecule has 0 saturated carbocycles. The Morgan fingerprint density at radius 2 is 1.92 bits per heavy atom. The standard InChI is InChI=1S/C15H14ClF5O3/c1-6-9(7-4-5-8(17)10(18)11(7)23-3)12(13(16)22)24-14(6,2)15(19,20)21/h4-6,9,12H,1-3H3/t6-,9-,12+,14+/m0/s1. The molecule has 1 aliphatic rings. The van der Waals surface area contributed by atoms with E-state index in [4.69, 9.17) is 21.1 Å². The van der Waals surface area contributed by atoms with Crippen LogP contribution in [0.2, 0.25) is 0 Å². The molecule has 1 heterocycles. The van der Waals surface area contributed by atoms with Crippen LogP contribution in [0.25, 0.3) is 0 Å². The molecule has 1 aliphatic heterocycles. The quantitative estimate of drug-likeness (QED) is 0.590. The van der Waals surface area contributed by atoms with Gasteiger partial charge in [0.15, 0.2) is 17.2 Å². The first-order valence-corrected chi connectivity index (χ1v) is 7.29. The van der Waals surface area contributed by atoms with E-state index in [9.17, 15) is 26.7 Å². The molecule has 0 unspecified atom stereocenters. The topological polar surface area (TPSA) is 35.5 Å². The predicted molar refractivity (Wildman–Crippen MR) is 75.0 cm³/mol. The number of alkyl halides is 3. The number of halogens is 6. The number of methoxy groups -OCH3 is 1. The summed E-state index contributed by atoms with van der Waals surface area (Å²) in [4.78, 5) is 11.6. The van der Waals surface area contributed by atoms with Crippen LogP contribution in [0.1, 0.15) is 25.3 Å². The Morgan fingerprint density at radius 3 is 2.38 bits per heavy atom. The minimum atomic E-state index is -4.79. The average Bonchev–Trinajstić information content (AvgIpc) is 2.75. The number of hydrogen-bond donors (Lipinski definition) is 0. The van der Waals surface area contributed by atoms with Gasteiger partial charge in [-0.2, -0.15) is 17.6 Å². The zero-order valence-corrected chi connectivity index (χ0v) is 13.6. The lowest BCUT2D eigenvalue weighted by molar-refractivity contribution is -0.271. The average molecular weight is 373 g/mol. The Bertz CT molecular complexity index is 663. The molecule has 9 heteroatoms. The third-order valence-corrected chi connectivity index (χ3v) is 4.75. The van der Waals surface area contributed by atoms with Gasteiger partial charge in [0.05, 0.1) is 7.11 Å². The lowest BCUT2D eigenvalue weighted by Crippen LogP contribution is -2.47.